The van der Waals surface area contributed by atoms with Gasteiger partial charge in [0.25, 0.3) is 5.69 Å². The van der Waals surface area contributed by atoms with Crippen molar-refractivity contribution in [2.24, 2.45) is 0 Å². The van der Waals surface area contributed by atoms with Gasteiger partial charge in [0.2, 0.25) is 0 Å². The highest BCUT2D eigenvalue weighted by molar-refractivity contribution is 5.61. The summed E-state index contributed by atoms with van der Waals surface area (Å²) in [6.45, 7) is 0.401. The molecule has 17 heavy (non-hydrogen) atoms. The number of nitro groups is 1. The molecule has 0 bridgehead atoms. The van der Waals surface area contributed by atoms with E-state index in [1.807, 2.05) is 0 Å². The molecule has 0 atom stereocenters. The summed E-state index contributed by atoms with van der Waals surface area (Å²) < 4.78 is 0. The Morgan fingerprint density at radius 2 is 2.06 bits per heavy atom. The first-order chi connectivity index (χ1) is 8.27. The molecule has 0 saturated heterocycles. The molecular formula is C11H10N4O2. The number of nitrogens with one attached hydrogen (secondary N) is 1. The summed E-state index contributed by atoms with van der Waals surface area (Å²) in [6, 6.07) is 10.1. The number of nitro benzene ring substituents is 1. The number of benzene rings is 1. The maximum Gasteiger partial charge on any atom is 0.292 e. The number of hydrogen-bond acceptors (Lipinski definition) is 5. The van der Waals surface area contributed by atoms with Crippen molar-refractivity contribution in [1.82, 2.24) is 10.2 Å². The molecule has 86 valence electrons. The second-order valence-corrected chi connectivity index (χ2v) is 3.34. The highest BCUT2D eigenvalue weighted by Crippen LogP contribution is 2.23. The third-order valence-electron chi connectivity index (χ3n) is 2.19. The van der Waals surface area contributed by atoms with Gasteiger partial charge < -0.3 is 5.32 Å². The molecule has 1 heterocycles. The van der Waals surface area contributed by atoms with E-state index in [1.54, 1.807) is 36.5 Å². The van der Waals surface area contributed by atoms with Crippen LogP contribution in [0.2, 0.25) is 0 Å². The topological polar surface area (TPSA) is 81.0 Å². The number of hydrogen-bond donors (Lipinski definition) is 1. The zero-order valence-corrected chi connectivity index (χ0v) is 8.91. The van der Waals surface area contributed by atoms with Gasteiger partial charge in [0.1, 0.15) is 5.69 Å². The molecular weight excluding hydrogens is 220 g/mol. The van der Waals surface area contributed by atoms with Crippen LogP contribution in [0.3, 0.4) is 0 Å². The molecule has 0 aliphatic rings. The van der Waals surface area contributed by atoms with Crippen molar-refractivity contribution in [2.45, 2.75) is 6.54 Å². The molecule has 6 nitrogen and oxygen atoms in total. The van der Waals surface area contributed by atoms with Crippen LogP contribution in [0.1, 0.15) is 5.69 Å². The van der Waals surface area contributed by atoms with Gasteiger partial charge >= 0.3 is 0 Å². The normalized spacial score (nSPS) is 9.88. The lowest BCUT2D eigenvalue weighted by Crippen LogP contribution is -2.04. The van der Waals surface area contributed by atoms with E-state index >= 15 is 0 Å². The Morgan fingerprint density at radius 1 is 1.24 bits per heavy atom. The predicted molar refractivity (Wildman–Crippen MR) is 62.5 cm³/mol. The van der Waals surface area contributed by atoms with Crippen molar-refractivity contribution in [3.63, 3.8) is 0 Å². The molecule has 2 aromatic rings. The summed E-state index contributed by atoms with van der Waals surface area (Å²) in [4.78, 5) is 10.4. The smallest absolute Gasteiger partial charge is 0.292 e. The first kappa shape index (κ1) is 11.0. The first-order valence-corrected chi connectivity index (χ1v) is 5.01. The van der Waals surface area contributed by atoms with Gasteiger partial charge in [-0.15, -0.1) is 0 Å². The average Bonchev–Trinajstić information content (AvgIpc) is 2.38. The van der Waals surface area contributed by atoms with Gasteiger partial charge in [0, 0.05) is 12.3 Å². The standard InChI is InChI=1S/C11H10N4O2/c16-15(17)11-6-2-1-5-10(11)12-8-9-4-3-7-13-14-9/h1-7,12H,8H2. The van der Waals surface area contributed by atoms with Gasteiger partial charge in [0.05, 0.1) is 17.2 Å². The molecule has 0 spiro atoms. The number of rotatable bonds is 4. The van der Waals surface area contributed by atoms with Crippen LogP contribution in [0.5, 0.6) is 0 Å². The minimum absolute atomic E-state index is 0.0522. The van der Waals surface area contributed by atoms with Crippen molar-refractivity contribution in [3.05, 3.63) is 58.4 Å². The Hall–Kier alpha value is -2.50. The molecule has 1 N–H and O–H groups in total. The summed E-state index contributed by atoms with van der Waals surface area (Å²) in [7, 11) is 0. The van der Waals surface area contributed by atoms with E-state index in [0.29, 0.717) is 12.2 Å². The number of para-hydroxylation sites is 2. The van der Waals surface area contributed by atoms with Gasteiger partial charge in [-0.3, -0.25) is 10.1 Å². The maximum absolute atomic E-state index is 10.8. The molecule has 0 amide bonds. The molecule has 6 heteroatoms. The van der Waals surface area contributed by atoms with Crippen LogP contribution >= 0.6 is 0 Å². The molecule has 0 aliphatic heterocycles. The SMILES string of the molecule is O=[N+]([O-])c1ccccc1NCc1cccnn1. The van der Waals surface area contributed by atoms with Gasteiger partial charge in [-0.2, -0.15) is 10.2 Å². The largest absolute Gasteiger partial charge is 0.374 e. The van der Waals surface area contributed by atoms with Crippen molar-refractivity contribution < 1.29 is 4.92 Å². The molecule has 2 rings (SSSR count). The van der Waals surface area contributed by atoms with Crippen LogP contribution < -0.4 is 5.32 Å². The molecule has 0 fully saturated rings. The van der Waals surface area contributed by atoms with E-state index in [1.165, 1.54) is 6.07 Å². The summed E-state index contributed by atoms with van der Waals surface area (Å²) in [6.07, 6.45) is 1.58. The van der Waals surface area contributed by atoms with E-state index in [9.17, 15) is 10.1 Å². The molecule has 0 radical (unpaired) electrons. The maximum atomic E-state index is 10.8. The van der Waals surface area contributed by atoms with Crippen LogP contribution in [-0.4, -0.2) is 15.1 Å². The van der Waals surface area contributed by atoms with Gasteiger partial charge in [-0.1, -0.05) is 12.1 Å². The number of aromatic nitrogens is 2. The minimum atomic E-state index is -0.418. The second-order valence-electron chi connectivity index (χ2n) is 3.34. The van der Waals surface area contributed by atoms with Crippen LogP contribution in [0, 0.1) is 10.1 Å². The Labute approximate surface area is 97.5 Å². The Bertz CT molecular complexity index is 516. The van der Waals surface area contributed by atoms with Crippen molar-refractivity contribution in [3.8, 4) is 0 Å². The van der Waals surface area contributed by atoms with Gasteiger partial charge in [-0.05, 0) is 18.2 Å². The lowest BCUT2D eigenvalue weighted by Gasteiger charge is -2.05. The van der Waals surface area contributed by atoms with Crippen LogP contribution in [0.25, 0.3) is 0 Å². The molecule has 0 aliphatic carbocycles. The Balaban J connectivity index is 2.12. The first-order valence-electron chi connectivity index (χ1n) is 5.01. The van der Waals surface area contributed by atoms with E-state index in [2.05, 4.69) is 15.5 Å². The molecule has 0 saturated carbocycles. The quantitative estimate of drug-likeness (QED) is 0.641. The second kappa shape index (κ2) is 5.02. The van der Waals surface area contributed by atoms with E-state index in [0.717, 1.165) is 5.69 Å². The Morgan fingerprint density at radius 3 is 2.76 bits per heavy atom. The minimum Gasteiger partial charge on any atom is -0.374 e. The van der Waals surface area contributed by atoms with Crippen molar-refractivity contribution in [1.29, 1.82) is 0 Å². The number of nitrogens with zero attached hydrogens (tertiary/aromatic N) is 3. The lowest BCUT2D eigenvalue weighted by molar-refractivity contribution is -0.384. The van der Waals surface area contributed by atoms with Gasteiger partial charge in [-0.25, -0.2) is 0 Å². The highest BCUT2D eigenvalue weighted by Gasteiger charge is 2.11. The van der Waals surface area contributed by atoms with Crippen LogP contribution in [0.15, 0.2) is 42.6 Å². The third-order valence-corrected chi connectivity index (χ3v) is 2.19. The third kappa shape index (κ3) is 2.75. The van der Waals surface area contributed by atoms with Crippen molar-refractivity contribution in [2.75, 3.05) is 5.32 Å². The molecule has 1 aromatic carbocycles. The van der Waals surface area contributed by atoms with E-state index < -0.39 is 4.92 Å². The zero-order valence-electron chi connectivity index (χ0n) is 8.91. The summed E-state index contributed by atoms with van der Waals surface area (Å²) >= 11 is 0. The monoisotopic (exact) mass is 230 g/mol. The zero-order chi connectivity index (χ0) is 12.1. The van der Waals surface area contributed by atoms with E-state index in [4.69, 9.17) is 0 Å². The summed E-state index contributed by atoms with van der Waals surface area (Å²) in [5.41, 5.74) is 1.25. The van der Waals surface area contributed by atoms with E-state index in [-0.39, 0.29) is 5.69 Å². The highest BCUT2D eigenvalue weighted by atomic mass is 16.6. The van der Waals surface area contributed by atoms with Crippen LogP contribution in [-0.2, 0) is 6.54 Å². The average molecular weight is 230 g/mol. The van der Waals surface area contributed by atoms with Crippen LogP contribution in [0.4, 0.5) is 11.4 Å². The lowest BCUT2D eigenvalue weighted by atomic mass is 10.2. The fourth-order valence-electron chi connectivity index (χ4n) is 1.40. The Kier molecular flexibility index (Phi) is 3.25. The predicted octanol–water partition coefficient (Wildman–Crippen LogP) is 2.00. The van der Waals surface area contributed by atoms with Gasteiger partial charge in [0.15, 0.2) is 0 Å². The van der Waals surface area contributed by atoms with Crippen molar-refractivity contribution >= 4 is 11.4 Å². The fourth-order valence-corrected chi connectivity index (χ4v) is 1.40. The molecule has 0 unspecified atom stereocenters. The number of anilines is 1. The fraction of sp³-hybridized carbons (Fsp3) is 0.0909. The molecule has 1 aromatic heterocycles. The summed E-state index contributed by atoms with van der Waals surface area (Å²) in [5, 5.41) is 21.4. The summed E-state index contributed by atoms with van der Waals surface area (Å²) in [5.74, 6) is 0.